The second-order valence-electron chi connectivity index (χ2n) is 26.1. The van der Waals surface area contributed by atoms with Gasteiger partial charge in [0.05, 0.1) is 50.8 Å². The summed E-state index contributed by atoms with van der Waals surface area (Å²) in [4.78, 5) is 53.4. The number of rotatable bonds is 16. The van der Waals surface area contributed by atoms with Crippen molar-refractivity contribution in [2.75, 3.05) is 26.4 Å². The second-order valence-corrected chi connectivity index (χ2v) is 26.1. The number of hydrogen-bond donors (Lipinski definition) is 0. The smallest absolute Gasteiger partial charge is 0.344 e. The summed E-state index contributed by atoms with van der Waals surface area (Å²) < 4.78 is 62.4. The van der Waals surface area contributed by atoms with Crippen LogP contribution in [0.4, 0.5) is 0 Å². The van der Waals surface area contributed by atoms with Crippen molar-refractivity contribution >= 4 is 23.9 Å². The molecule has 440 valence electrons. The molecule has 0 aliphatic carbocycles. The van der Waals surface area contributed by atoms with Crippen LogP contribution in [0.1, 0.15) is 205 Å². The lowest BCUT2D eigenvalue weighted by Crippen LogP contribution is -2.22. The summed E-state index contributed by atoms with van der Waals surface area (Å²) in [7, 11) is 0. The quantitative estimate of drug-likeness (QED) is 0.0770. The van der Waals surface area contributed by atoms with Crippen molar-refractivity contribution in [3.05, 3.63) is 115 Å². The van der Waals surface area contributed by atoms with Gasteiger partial charge in [0.15, 0.2) is 26.4 Å². The van der Waals surface area contributed by atoms with Gasteiger partial charge in [0, 0.05) is 35.1 Å². The molecular weight excluding hydrogens is 1020 g/mol. The monoisotopic (exact) mass is 1110 g/mol. The maximum absolute atomic E-state index is 13.3. The zero-order chi connectivity index (χ0) is 59.7. The molecule has 0 aromatic heterocycles. The summed E-state index contributed by atoms with van der Waals surface area (Å²) in [6, 6.07) is 16.6. The zero-order valence-electron chi connectivity index (χ0n) is 51.7. The third kappa shape index (κ3) is 19.0. The van der Waals surface area contributed by atoms with Crippen molar-refractivity contribution in [2.45, 2.75) is 224 Å². The van der Waals surface area contributed by atoms with E-state index < -0.39 is 23.9 Å². The number of carbonyl (C=O) groups is 4. The Hall–Kier alpha value is -6.12. The zero-order valence-corrected chi connectivity index (χ0v) is 51.7. The molecule has 4 aromatic carbocycles. The van der Waals surface area contributed by atoms with Gasteiger partial charge in [-0.25, -0.2) is 19.2 Å². The minimum absolute atomic E-state index is 0.0301. The van der Waals surface area contributed by atoms with Crippen LogP contribution in [0.2, 0.25) is 0 Å². The van der Waals surface area contributed by atoms with Gasteiger partial charge < -0.3 is 47.4 Å². The van der Waals surface area contributed by atoms with Gasteiger partial charge in [-0.15, -0.1) is 0 Å². The molecule has 1 aliphatic rings. The highest BCUT2D eigenvalue weighted by Gasteiger charge is 2.29. The molecule has 14 heteroatoms. The molecule has 0 amide bonds. The molecular formula is C66H92O14. The standard InChI is InChI=1S/C66H92O14/c1-39(2)77-55(67)35-73-59-43-21-44-24-52(64(12,13)14)29-49(60(44)74-36-56(68)78-40(3)4)33-72-34-50-30-54(66(18,19)20)26-46(62(50)76-38-58(70)80-42(7)8)22-45-25-53(65(15,16)17)28-48(61(45)75-37-57(69)79-41(5)6)32-71-31-47(59)27-51(23-43)63(9,10)11/h23-30,39-42H,21-22,31-38H2,1-20H3. The van der Waals surface area contributed by atoms with Crippen LogP contribution in [0, 0.1) is 0 Å². The summed E-state index contributed by atoms with van der Waals surface area (Å²) in [6.45, 7) is 38.5. The normalized spacial score (nSPS) is 13.7. The van der Waals surface area contributed by atoms with E-state index in [-0.39, 0.29) is 112 Å². The minimum atomic E-state index is -0.533. The fourth-order valence-electron chi connectivity index (χ4n) is 9.11. The first-order chi connectivity index (χ1) is 37.1. The molecule has 0 radical (unpaired) electrons. The molecule has 1 heterocycles. The van der Waals surface area contributed by atoms with E-state index in [4.69, 9.17) is 47.4 Å². The van der Waals surface area contributed by atoms with Gasteiger partial charge >= 0.3 is 23.9 Å². The fourth-order valence-corrected chi connectivity index (χ4v) is 9.11. The first kappa shape index (κ1) is 64.7. The molecule has 8 bridgehead atoms. The van der Waals surface area contributed by atoms with E-state index in [2.05, 4.69) is 132 Å². The minimum Gasteiger partial charge on any atom is -0.481 e. The Bertz CT molecular complexity index is 2430. The molecule has 0 N–H and O–H groups in total. The summed E-state index contributed by atoms with van der Waals surface area (Å²) >= 11 is 0. The Balaban J connectivity index is 1.90. The molecule has 5 rings (SSSR count). The highest BCUT2D eigenvalue weighted by molar-refractivity contribution is 5.73. The molecule has 0 fully saturated rings. The third-order valence-corrected chi connectivity index (χ3v) is 13.0. The highest BCUT2D eigenvalue weighted by Crippen LogP contribution is 2.42. The first-order valence-electron chi connectivity index (χ1n) is 28.2. The molecule has 0 unspecified atom stereocenters. The largest absolute Gasteiger partial charge is 0.481 e. The Labute approximate surface area is 477 Å². The number of benzene rings is 4. The van der Waals surface area contributed by atoms with Gasteiger partial charge in [-0.05, 0) is 146 Å². The van der Waals surface area contributed by atoms with Crippen LogP contribution in [0.3, 0.4) is 0 Å². The van der Waals surface area contributed by atoms with Gasteiger partial charge in [-0.1, -0.05) is 107 Å². The van der Waals surface area contributed by atoms with Crippen molar-refractivity contribution in [2.24, 2.45) is 0 Å². The van der Waals surface area contributed by atoms with Crippen LogP contribution >= 0.6 is 0 Å². The van der Waals surface area contributed by atoms with Gasteiger partial charge in [0.2, 0.25) is 0 Å². The van der Waals surface area contributed by atoms with E-state index in [1.54, 1.807) is 55.4 Å². The lowest BCUT2D eigenvalue weighted by Gasteiger charge is -2.28. The summed E-state index contributed by atoms with van der Waals surface area (Å²) in [6.07, 6.45) is -0.996. The van der Waals surface area contributed by atoms with Gasteiger partial charge in [-0.2, -0.15) is 0 Å². The number of hydrogen-bond acceptors (Lipinski definition) is 14. The molecule has 4 aromatic rings. The molecule has 14 nitrogen and oxygen atoms in total. The van der Waals surface area contributed by atoms with E-state index in [1.165, 1.54) is 0 Å². The average molecular weight is 1110 g/mol. The number of fused-ring (bicyclic) bond motifs is 8. The summed E-state index contributed by atoms with van der Waals surface area (Å²) in [5.41, 5.74) is 8.17. The third-order valence-electron chi connectivity index (χ3n) is 13.0. The second kappa shape index (κ2) is 27.1. The van der Waals surface area contributed by atoms with Crippen LogP contribution in [0.25, 0.3) is 0 Å². The Morgan fingerprint density at radius 3 is 0.675 bits per heavy atom. The fraction of sp³-hybridized carbons (Fsp3) is 0.576. The van der Waals surface area contributed by atoms with Gasteiger partial charge in [0.25, 0.3) is 0 Å². The number of ether oxygens (including phenoxy) is 10. The predicted molar refractivity (Wildman–Crippen MR) is 310 cm³/mol. The van der Waals surface area contributed by atoms with Crippen molar-refractivity contribution < 1.29 is 66.5 Å². The van der Waals surface area contributed by atoms with E-state index in [0.29, 0.717) is 45.3 Å². The van der Waals surface area contributed by atoms with E-state index in [0.717, 1.165) is 44.5 Å². The molecule has 0 saturated carbocycles. The van der Waals surface area contributed by atoms with Crippen molar-refractivity contribution in [1.82, 2.24) is 0 Å². The van der Waals surface area contributed by atoms with Crippen LogP contribution in [0.15, 0.2) is 48.5 Å². The van der Waals surface area contributed by atoms with Crippen LogP contribution in [-0.2, 0) is 109 Å². The lowest BCUT2D eigenvalue weighted by molar-refractivity contribution is -0.150. The predicted octanol–water partition coefficient (Wildman–Crippen LogP) is 13.1. The SMILES string of the molecule is CC(C)OC(=O)COc1c2cc(C(C)(C)C)cc1Cc1cc(C(C)(C)C)cc(c1OCC(=O)OC(C)C)COCc1cc(C(C)(C)C)cc(c1OCC(=O)OC(C)C)Cc1cc(C(C)(C)C)cc(c1OCC(=O)OC(C)C)COC2. The Morgan fingerprint density at radius 2 is 0.512 bits per heavy atom. The number of esters is 4. The maximum atomic E-state index is 13.3. The molecule has 1 aliphatic heterocycles. The molecule has 80 heavy (non-hydrogen) atoms. The first-order valence-corrected chi connectivity index (χ1v) is 28.2. The maximum Gasteiger partial charge on any atom is 0.344 e. The van der Waals surface area contributed by atoms with E-state index in [1.807, 2.05) is 0 Å². The van der Waals surface area contributed by atoms with E-state index >= 15 is 0 Å². The van der Waals surface area contributed by atoms with Crippen LogP contribution < -0.4 is 18.9 Å². The molecule has 0 atom stereocenters. The van der Waals surface area contributed by atoms with Gasteiger partial charge in [-0.3, -0.25) is 0 Å². The van der Waals surface area contributed by atoms with Crippen molar-refractivity contribution in [3.8, 4) is 23.0 Å². The Morgan fingerprint density at radius 1 is 0.338 bits per heavy atom. The number of carbonyl (C=O) groups excluding carboxylic acids is 4. The Kier molecular flexibility index (Phi) is 21.9. The molecule has 0 spiro atoms. The molecule has 0 saturated heterocycles. The lowest BCUT2D eigenvalue weighted by atomic mass is 9.82. The summed E-state index contributed by atoms with van der Waals surface area (Å²) in [5.74, 6) is -0.385. The van der Waals surface area contributed by atoms with E-state index in [9.17, 15) is 19.2 Å². The van der Waals surface area contributed by atoms with Crippen LogP contribution in [-0.4, -0.2) is 74.7 Å². The highest BCUT2D eigenvalue weighted by atomic mass is 16.6. The van der Waals surface area contributed by atoms with Gasteiger partial charge in [0.1, 0.15) is 23.0 Å². The topological polar surface area (TPSA) is 161 Å². The van der Waals surface area contributed by atoms with Crippen LogP contribution in [0.5, 0.6) is 23.0 Å². The van der Waals surface area contributed by atoms with Crippen molar-refractivity contribution in [3.63, 3.8) is 0 Å². The average Bonchev–Trinajstić information content (AvgIpc) is 3.30. The van der Waals surface area contributed by atoms with Crippen molar-refractivity contribution in [1.29, 1.82) is 0 Å². The summed E-state index contributed by atoms with van der Waals surface area (Å²) in [5, 5.41) is 0.